The van der Waals surface area contributed by atoms with Crippen LogP contribution in [0.3, 0.4) is 0 Å². The van der Waals surface area contributed by atoms with Crippen molar-refractivity contribution in [2.45, 2.75) is 53.1 Å². The van der Waals surface area contributed by atoms with Crippen molar-refractivity contribution in [1.29, 1.82) is 0 Å². The average Bonchev–Trinajstić information content (AvgIpc) is 2.74. The van der Waals surface area contributed by atoms with E-state index in [4.69, 9.17) is 25.8 Å². The Labute approximate surface area is 199 Å². The van der Waals surface area contributed by atoms with Gasteiger partial charge < -0.3 is 14.2 Å². The van der Waals surface area contributed by atoms with Crippen LogP contribution in [0.4, 0.5) is 0 Å². The number of nitrogens with zero attached hydrogens (tertiary/aromatic N) is 1. The third kappa shape index (κ3) is 7.02. The first-order valence-corrected chi connectivity index (χ1v) is 11.1. The maximum Gasteiger partial charge on any atom is 0.309 e. The summed E-state index contributed by atoms with van der Waals surface area (Å²) in [5.41, 5.74) is 0.948. The van der Waals surface area contributed by atoms with Crippen LogP contribution >= 0.6 is 11.6 Å². The van der Waals surface area contributed by atoms with Gasteiger partial charge in [-0.15, -0.1) is 0 Å². The molecule has 0 N–H and O–H groups in total. The number of rotatable bonds is 10. The SMILES string of the molecule is COc1ccnc(C(=O)C[C@@H](C)C(=O)O[C@@H](C)[C@H](c2ccc(Cl)cc2)C(C)C)c1OC(C)=O. The van der Waals surface area contributed by atoms with Gasteiger partial charge in [-0.25, -0.2) is 4.98 Å². The molecule has 0 aliphatic rings. The van der Waals surface area contributed by atoms with E-state index in [2.05, 4.69) is 18.8 Å². The molecule has 7 nitrogen and oxygen atoms in total. The van der Waals surface area contributed by atoms with Crippen LogP contribution in [0.15, 0.2) is 36.5 Å². The fourth-order valence-electron chi connectivity index (χ4n) is 3.75. The number of ketones is 1. The normalized spacial score (nSPS) is 13.7. The van der Waals surface area contributed by atoms with Crippen molar-refractivity contribution in [2.24, 2.45) is 11.8 Å². The molecule has 0 spiro atoms. The quantitative estimate of drug-likeness (QED) is 0.342. The van der Waals surface area contributed by atoms with Gasteiger partial charge in [-0.2, -0.15) is 0 Å². The van der Waals surface area contributed by atoms with Crippen molar-refractivity contribution >= 4 is 29.3 Å². The summed E-state index contributed by atoms with van der Waals surface area (Å²) in [6, 6.07) is 8.95. The molecule has 1 aromatic heterocycles. The number of pyridine rings is 1. The van der Waals surface area contributed by atoms with E-state index >= 15 is 0 Å². The molecule has 3 atom stereocenters. The molecule has 0 unspecified atom stereocenters. The molecule has 2 rings (SSSR count). The Balaban J connectivity index is 2.13. The van der Waals surface area contributed by atoms with Gasteiger partial charge in [0.2, 0.25) is 5.75 Å². The van der Waals surface area contributed by atoms with Gasteiger partial charge in [-0.1, -0.05) is 44.5 Å². The topological polar surface area (TPSA) is 91.8 Å². The van der Waals surface area contributed by atoms with Crippen LogP contribution < -0.4 is 9.47 Å². The molecule has 0 amide bonds. The summed E-state index contributed by atoms with van der Waals surface area (Å²) >= 11 is 6.00. The molecule has 1 heterocycles. The predicted octanol–water partition coefficient (Wildman–Crippen LogP) is 5.25. The number of hydrogen-bond donors (Lipinski definition) is 0. The Bertz CT molecular complexity index is 989. The summed E-state index contributed by atoms with van der Waals surface area (Å²) in [7, 11) is 1.39. The van der Waals surface area contributed by atoms with Crippen LogP contribution in [-0.2, 0) is 14.3 Å². The zero-order valence-corrected chi connectivity index (χ0v) is 20.5. The number of esters is 2. The van der Waals surface area contributed by atoms with Crippen LogP contribution in [-0.4, -0.2) is 35.9 Å². The van der Waals surface area contributed by atoms with E-state index in [1.165, 1.54) is 26.3 Å². The van der Waals surface area contributed by atoms with Gasteiger partial charge >= 0.3 is 11.9 Å². The highest BCUT2D eigenvalue weighted by Gasteiger charge is 2.30. The molecule has 0 aliphatic heterocycles. The number of hydrogen-bond acceptors (Lipinski definition) is 7. The third-order valence-corrected chi connectivity index (χ3v) is 5.53. The molecule has 33 heavy (non-hydrogen) atoms. The van der Waals surface area contributed by atoms with E-state index in [0.717, 1.165) is 5.56 Å². The van der Waals surface area contributed by atoms with Crippen molar-refractivity contribution in [3.05, 3.63) is 52.8 Å². The van der Waals surface area contributed by atoms with Crippen molar-refractivity contribution in [3.63, 3.8) is 0 Å². The minimum absolute atomic E-state index is 0.0373. The summed E-state index contributed by atoms with van der Waals surface area (Å²) in [6.45, 7) is 8.79. The number of Topliss-reactive ketones (excluding diaryl/α,β-unsaturated/α-hetero) is 1. The molecular formula is C25H30ClNO6. The van der Waals surface area contributed by atoms with Crippen LogP contribution in [0.2, 0.25) is 5.02 Å². The molecular weight excluding hydrogens is 446 g/mol. The highest BCUT2D eigenvalue weighted by molar-refractivity contribution is 6.30. The van der Waals surface area contributed by atoms with Crippen LogP contribution in [0.25, 0.3) is 0 Å². The lowest BCUT2D eigenvalue weighted by atomic mass is 9.84. The average molecular weight is 476 g/mol. The van der Waals surface area contributed by atoms with E-state index in [0.29, 0.717) is 5.02 Å². The standard InChI is InChI=1S/C25H30ClNO6/c1-14(2)22(18-7-9-19(26)10-8-18)16(4)32-25(30)15(3)13-20(29)23-24(33-17(5)28)21(31-6)11-12-27-23/h7-12,14-16,22H,13H2,1-6H3/t15-,16+,22-/m1/s1. The lowest BCUT2D eigenvalue weighted by molar-refractivity contribution is -0.154. The van der Waals surface area contributed by atoms with E-state index in [1.807, 2.05) is 31.2 Å². The Morgan fingerprint density at radius 1 is 1.03 bits per heavy atom. The maximum absolute atomic E-state index is 12.9. The van der Waals surface area contributed by atoms with Gasteiger partial charge in [0.1, 0.15) is 6.10 Å². The third-order valence-electron chi connectivity index (χ3n) is 5.27. The molecule has 8 heteroatoms. The maximum atomic E-state index is 12.9. The molecule has 0 aliphatic carbocycles. The molecule has 0 saturated heterocycles. The van der Waals surface area contributed by atoms with Crippen molar-refractivity contribution in [1.82, 2.24) is 4.98 Å². The summed E-state index contributed by atoms with van der Waals surface area (Å²) in [5.74, 6) is -1.98. The molecule has 178 valence electrons. The second-order valence-corrected chi connectivity index (χ2v) is 8.71. The van der Waals surface area contributed by atoms with E-state index in [-0.39, 0.29) is 35.4 Å². The Kier molecular flexibility index (Phi) is 9.41. The number of aromatic nitrogens is 1. The highest BCUT2D eigenvalue weighted by atomic mass is 35.5. The molecule has 0 radical (unpaired) electrons. The first kappa shape index (κ1) is 26.3. The minimum atomic E-state index is -0.726. The molecule has 1 aromatic carbocycles. The zero-order chi connectivity index (χ0) is 24.7. The largest absolute Gasteiger partial charge is 0.493 e. The number of carbonyl (C=O) groups excluding carboxylic acids is 3. The predicted molar refractivity (Wildman–Crippen MR) is 125 cm³/mol. The number of benzene rings is 1. The zero-order valence-electron chi connectivity index (χ0n) is 19.8. The van der Waals surface area contributed by atoms with E-state index in [9.17, 15) is 14.4 Å². The monoisotopic (exact) mass is 475 g/mol. The van der Waals surface area contributed by atoms with Crippen LogP contribution in [0, 0.1) is 11.8 Å². The summed E-state index contributed by atoms with van der Waals surface area (Å²) in [4.78, 5) is 41.2. The van der Waals surface area contributed by atoms with Crippen molar-refractivity contribution < 1.29 is 28.6 Å². The minimum Gasteiger partial charge on any atom is -0.493 e. The number of ether oxygens (including phenoxy) is 3. The molecule has 0 saturated carbocycles. The Morgan fingerprint density at radius 2 is 1.67 bits per heavy atom. The lowest BCUT2D eigenvalue weighted by Gasteiger charge is -2.28. The van der Waals surface area contributed by atoms with Gasteiger partial charge in [0, 0.05) is 36.5 Å². The molecule has 0 bridgehead atoms. The highest BCUT2D eigenvalue weighted by Crippen LogP contribution is 2.33. The van der Waals surface area contributed by atoms with E-state index in [1.54, 1.807) is 6.92 Å². The van der Waals surface area contributed by atoms with Crippen LogP contribution in [0.1, 0.15) is 63.0 Å². The van der Waals surface area contributed by atoms with Gasteiger partial charge in [-0.3, -0.25) is 14.4 Å². The summed E-state index contributed by atoms with van der Waals surface area (Å²) < 4.78 is 16.1. The Morgan fingerprint density at radius 3 is 2.21 bits per heavy atom. The van der Waals surface area contributed by atoms with Gasteiger partial charge in [0.15, 0.2) is 17.2 Å². The van der Waals surface area contributed by atoms with Gasteiger partial charge in [0.25, 0.3) is 0 Å². The number of halogens is 1. The fourth-order valence-corrected chi connectivity index (χ4v) is 3.87. The van der Waals surface area contributed by atoms with Gasteiger partial charge in [0.05, 0.1) is 13.0 Å². The Hall–Kier alpha value is -2.93. The number of methoxy groups -OCH3 is 1. The number of carbonyl (C=O) groups is 3. The molecule has 0 fully saturated rings. The first-order valence-electron chi connectivity index (χ1n) is 10.8. The summed E-state index contributed by atoms with van der Waals surface area (Å²) in [6.07, 6.45) is 0.805. The second kappa shape index (κ2) is 11.8. The van der Waals surface area contributed by atoms with Crippen molar-refractivity contribution in [2.75, 3.05) is 7.11 Å². The second-order valence-electron chi connectivity index (χ2n) is 8.28. The molecule has 2 aromatic rings. The van der Waals surface area contributed by atoms with Crippen LogP contribution in [0.5, 0.6) is 11.5 Å². The first-order chi connectivity index (χ1) is 15.5. The fraction of sp³-hybridized carbons (Fsp3) is 0.440. The lowest BCUT2D eigenvalue weighted by Crippen LogP contribution is -2.29. The van der Waals surface area contributed by atoms with E-state index < -0.39 is 29.7 Å². The van der Waals surface area contributed by atoms with Crippen molar-refractivity contribution in [3.8, 4) is 11.5 Å². The summed E-state index contributed by atoms with van der Waals surface area (Å²) in [5, 5.41) is 0.636. The van der Waals surface area contributed by atoms with Gasteiger partial charge in [-0.05, 0) is 30.5 Å². The smallest absolute Gasteiger partial charge is 0.309 e.